The quantitative estimate of drug-likeness (QED) is 0.785. The lowest BCUT2D eigenvalue weighted by atomic mass is 10.3. The first-order chi connectivity index (χ1) is 7.56. The molecule has 1 saturated heterocycles. The minimum Gasteiger partial charge on any atom is -0.337 e. The SMILES string of the molecule is O=C1CN(c2ncc(Cl)cc2Br)CC(=O)N1. The van der Waals surface area contributed by atoms with Crippen molar-refractivity contribution in [3.05, 3.63) is 21.8 Å². The summed E-state index contributed by atoms with van der Waals surface area (Å²) < 4.78 is 0.655. The highest BCUT2D eigenvalue weighted by Crippen LogP contribution is 2.26. The third-order valence-electron chi connectivity index (χ3n) is 2.04. The molecule has 0 radical (unpaired) electrons. The highest BCUT2D eigenvalue weighted by molar-refractivity contribution is 9.10. The number of carbonyl (C=O) groups is 2. The molecular weight excluding hydrogens is 297 g/mol. The van der Waals surface area contributed by atoms with Crippen molar-refractivity contribution in [2.75, 3.05) is 18.0 Å². The first-order valence-electron chi connectivity index (χ1n) is 4.45. The van der Waals surface area contributed by atoms with Gasteiger partial charge in [0.1, 0.15) is 5.82 Å². The molecule has 16 heavy (non-hydrogen) atoms. The molecule has 7 heteroatoms. The lowest BCUT2D eigenvalue weighted by Crippen LogP contribution is -2.51. The third kappa shape index (κ3) is 2.33. The van der Waals surface area contributed by atoms with Gasteiger partial charge in [-0.15, -0.1) is 0 Å². The van der Waals surface area contributed by atoms with Gasteiger partial charge in [0.2, 0.25) is 11.8 Å². The Morgan fingerprint density at radius 3 is 2.56 bits per heavy atom. The molecule has 84 valence electrons. The van der Waals surface area contributed by atoms with Gasteiger partial charge in [-0.1, -0.05) is 11.6 Å². The minimum absolute atomic E-state index is 0.110. The molecule has 0 atom stereocenters. The highest BCUT2D eigenvalue weighted by Gasteiger charge is 2.24. The molecule has 1 aromatic rings. The van der Waals surface area contributed by atoms with Crippen molar-refractivity contribution in [3.63, 3.8) is 0 Å². The third-order valence-corrected chi connectivity index (χ3v) is 2.83. The van der Waals surface area contributed by atoms with Crippen LogP contribution < -0.4 is 10.2 Å². The Labute approximate surface area is 105 Å². The van der Waals surface area contributed by atoms with Crippen LogP contribution in [0.2, 0.25) is 5.02 Å². The molecule has 0 aromatic carbocycles. The van der Waals surface area contributed by atoms with E-state index in [0.29, 0.717) is 15.3 Å². The molecule has 0 saturated carbocycles. The maximum atomic E-state index is 11.2. The van der Waals surface area contributed by atoms with Gasteiger partial charge in [-0.2, -0.15) is 0 Å². The van der Waals surface area contributed by atoms with E-state index < -0.39 is 0 Å². The first kappa shape index (κ1) is 11.3. The van der Waals surface area contributed by atoms with Crippen LogP contribution in [-0.2, 0) is 9.59 Å². The Morgan fingerprint density at radius 2 is 2.00 bits per heavy atom. The minimum atomic E-state index is -0.333. The van der Waals surface area contributed by atoms with Crippen molar-refractivity contribution in [1.29, 1.82) is 0 Å². The van der Waals surface area contributed by atoms with Gasteiger partial charge in [-0.05, 0) is 22.0 Å². The molecule has 2 amide bonds. The lowest BCUT2D eigenvalue weighted by molar-refractivity contribution is -0.130. The van der Waals surface area contributed by atoms with Crippen molar-refractivity contribution in [1.82, 2.24) is 10.3 Å². The molecule has 1 aliphatic rings. The number of nitrogens with one attached hydrogen (secondary N) is 1. The van der Waals surface area contributed by atoms with E-state index in [1.165, 1.54) is 6.20 Å². The number of amides is 2. The predicted molar refractivity (Wildman–Crippen MR) is 62.3 cm³/mol. The summed E-state index contributed by atoms with van der Waals surface area (Å²) in [6, 6.07) is 1.67. The molecule has 0 bridgehead atoms. The summed E-state index contributed by atoms with van der Waals surface area (Å²) in [5, 5.41) is 2.71. The summed E-state index contributed by atoms with van der Waals surface area (Å²) in [6.07, 6.45) is 1.47. The van der Waals surface area contributed by atoms with Crippen LogP contribution in [0.25, 0.3) is 0 Å². The van der Waals surface area contributed by atoms with Crippen LogP contribution >= 0.6 is 27.5 Å². The Hall–Kier alpha value is -1.14. The van der Waals surface area contributed by atoms with E-state index in [1.54, 1.807) is 11.0 Å². The maximum Gasteiger partial charge on any atom is 0.246 e. The average molecular weight is 305 g/mol. The number of piperazine rings is 1. The standard InChI is InChI=1S/C9H7BrClN3O2/c10-6-1-5(11)2-12-9(6)14-3-7(15)13-8(16)4-14/h1-2H,3-4H2,(H,13,15,16). The van der Waals surface area contributed by atoms with E-state index in [4.69, 9.17) is 11.6 Å². The summed E-state index contributed by atoms with van der Waals surface area (Å²) in [7, 11) is 0. The molecule has 0 spiro atoms. The van der Waals surface area contributed by atoms with Gasteiger partial charge in [-0.25, -0.2) is 4.98 Å². The van der Waals surface area contributed by atoms with E-state index in [2.05, 4.69) is 26.2 Å². The fourth-order valence-corrected chi connectivity index (χ4v) is 2.32. The van der Waals surface area contributed by atoms with Gasteiger partial charge >= 0.3 is 0 Å². The smallest absolute Gasteiger partial charge is 0.246 e. The van der Waals surface area contributed by atoms with Crippen molar-refractivity contribution in [3.8, 4) is 0 Å². The van der Waals surface area contributed by atoms with Crippen LogP contribution in [0.5, 0.6) is 0 Å². The fraction of sp³-hybridized carbons (Fsp3) is 0.222. The fourth-order valence-electron chi connectivity index (χ4n) is 1.43. The zero-order valence-electron chi connectivity index (χ0n) is 8.04. The van der Waals surface area contributed by atoms with Gasteiger partial charge in [0, 0.05) is 6.20 Å². The van der Waals surface area contributed by atoms with E-state index in [1.807, 2.05) is 0 Å². The van der Waals surface area contributed by atoms with Gasteiger partial charge in [-0.3, -0.25) is 14.9 Å². The number of nitrogens with zero attached hydrogens (tertiary/aromatic N) is 2. The Morgan fingerprint density at radius 1 is 1.38 bits per heavy atom. The summed E-state index contributed by atoms with van der Waals surface area (Å²) in [6.45, 7) is 0.220. The number of hydrogen-bond acceptors (Lipinski definition) is 4. The Bertz CT molecular complexity index is 450. The second-order valence-electron chi connectivity index (χ2n) is 3.29. The number of pyridine rings is 1. The summed E-state index contributed by atoms with van der Waals surface area (Å²) in [4.78, 5) is 28.1. The van der Waals surface area contributed by atoms with E-state index in [0.717, 1.165) is 0 Å². The highest BCUT2D eigenvalue weighted by atomic mass is 79.9. The summed E-state index contributed by atoms with van der Waals surface area (Å²) in [5.74, 6) is -0.132. The lowest BCUT2D eigenvalue weighted by Gasteiger charge is -2.27. The summed E-state index contributed by atoms with van der Waals surface area (Å²) >= 11 is 9.05. The normalized spacial score (nSPS) is 16.2. The number of aromatic nitrogens is 1. The van der Waals surface area contributed by atoms with Crippen LogP contribution in [0.4, 0.5) is 5.82 Å². The molecule has 1 aliphatic heterocycles. The second kappa shape index (κ2) is 4.39. The van der Waals surface area contributed by atoms with Crippen molar-refractivity contribution in [2.45, 2.75) is 0 Å². The molecule has 0 unspecified atom stereocenters. The molecule has 2 heterocycles. The van der Waals surface area contributed by atoms with Crippen molar-refractivity contribution in [2.24, 2.45) is 0 Å². The van der Waals surface area contributed by atoms with Gasteiger partial charge in [0.25, 0.3) is 0 Å². The van der Waals surface area contributed by atoms with Gasteiger partial charge in [0.15, 0.2) is 0 Å². The largest absolute Gasteiger partial charge is 0.337 e. The van der Waals surface area contributed by atoms with E-state index in [-0.39, 0.29) is 24.9 Å². The number of carbonyl (C=O) groups excluding carboxylic acids is 2. The number of halogens is 2. The zero-order valence-corrected chi connectivity index (χ0v) is 10.4. The van der Waals surface area contributed by atoms with E-state index in [9.17, 15) is 9.59 Å². The molecule has 5 nitrogen and oxygen atoms in total. The molecule has 0 aliphatic carbocycles. The molecule has 1 aromatic heterocycles. The van der Waals surface area contributed by atoms with Crippen molar-refractivity contribution >= 4 is 45.2 Å². The number of anilines is 1. The van der Waals surface area contributed by atoms with Gasteiger partial charge in [0.05, 0.1) is 22.6 Å². The number of hydrogen-bond donors (Lipinski definition) is 1. The second-order valence-corrected chi connectivity index (χ2v) is 4.58. The van der Waals surface area contributed by atoms with Crippen molar-refractivity contribution < 1.29 is 9.59 Å². The average Bonchev–Trinajstić information content (AvgIpc) is 2.15. The first-order valence-corrected chi connectivity index (χ1v) is 5.62. The number of rotatable bonds is 1. The topological polar surface area (TPSA) is 62.3 Å². The predicted octanol–water partition coefficient (Wildman–Crippen LogP) is 0.960. The Balaban J connectivity index is 2.29. The van der Waals surface area contributed by atoms with E-state index >= 15 is 0 Å². The monoisotopic (exact) mass is 303 g/mol. The molecule has 1 N–H and O–H groups in total. The van der Waals surface area contributed by atoms with Crippen LogP contribution in [0.3, 0.4) is 0 Å². The van der Waals surface area contributed by atoms with Crippen LogP contribution in [0.15, 0.2) is 16.7 Å². The molecule has 2 rings (SSSR count). The maximum absolute atomic E-state index is 11.2. The molecular formula is C9H7BrClN3O2. The van der Waals surface area contributed by atoms with Crippen LogP contribution in [0, 0.1) is 0 Å². The number of imide groups is 1. The van der Waals surface area contributed by atoms with Crippen LogP contribution in [-0.4, -0.2) is 29.9 Å². The van der Waals surface area contributed by atoms with Gasteiger partial charge < -0.3 is 4.90 Å². The zero-order chi connectivity index (χ0) is 11.7. The Kier molecular flexibility index (Phi) is 3.11. The summed E-state index contributed by atoms with van der Waals surface area (Å²) in [5.41, 5.74) is 0. The van der Waals surface area contributed by atoms with Crippen LogP contribution in [0.1, 0.15) is 0 Å². The molecule has 1 fully saturated rings.